The maximum absolute atomic E-state index is 12.3. The lowest BCUT2D eigenvalue weighted by atomic mass is 9.95. The zero-order valence-electron chi connectivity index (χ0n) is 11.7. The van der Waals surface area contributed by atoms with Crippen LogP contribution in [0, 0.1) is 5.41 Å². The molecule has 1 heterocycles. The highest BCUT2D eigenvalue weighted by atomic mass is 16.2. The van der Waals surface area contributed by atoms with E-state index in [1.165, 1.54) is 11.1 Å². The zero-order chi connectivity index (χ0) is 13.5. The molecule has 1 unspecified atom stereocenters. The molecule has 3 nitrogen and oxygen atoms in total. The molecule has 0 aromatic heterocycles. The number of hydrogen-bond donors (Lipinski definition) is 1. The van der Waals surface area contributed by atoms with E-state index in [0.717, 1.165) is 12.1 Å². The van der Waals surface area contributed by atoms with E-state index in [1.807, 2.05) is 32.6 Å². The number of carbonyl (C=O) groups excluding carboxylic acids is 1. The van der Waals surface area contributed by atoms with Gasteiger partial charge in [0.1, 0.15) is 0 Å². The number of fused-ring (bicyclic) bond motifs is 1. The first kappa shape index (κ1) is 13.1. The molecule has 0 saturated heterocycles. The molecule has 0 bridgehead atoms. The van der Waals surface area contributed by atoms with Crippen molar-refractivity contribution in [2.45, 2.75) is 46.8 Å². The van der Waals surface area contributed by atoms with Gasteiger partial charge in [0.2, 0.25) is 5.91 Å². The highest BCUT2D eigenvalue weighted by Gasteiger charge is 2.31. The summed E-state index contributed by atoms with van der Waals surface area (Å²) >= 11 is 0. The van der Waals surface area contributed by atoms with Gasteiger partial charge in [-0.05, 0) is 23.6 Å². The minimum absolute atomic E-state index is 0.0441. The third-order valence-electron chi connectivity index (χ3n) is 3.41. The van der Waals surface area contributed by atoms with Gasteiger partial charge in [-0.15, -0.1) is 0 Å². The summed E-state index contributed by atoms with van der Waals surface area (Å²) in [5.41, 5.74) is 9.20. The minimum atomic E-state index is -0.313. The van der Waals surface area contributed by atoms with Crippen molar-refractivity contribution in [3.63, 3.8) is 0 Å². The molecule has 2 rings (SSSR count). The van der Waals surface area contributed by atoms with Crippen LogP contribution in [0.15, 0.2) is 18.2 Å². The molecular formula is C15H22N2O. The van der Waals surface area contributed by atoms with Crippen LogP contribution in [0.2, 0.25) is 0 Å². The average molecular weight is 246 g/mol. The Morgan fingerprint density at radius 3 is 2.44 bits per heavy atom. The lowest BCUT2D eigenvalue weighted by molar-refractivity contribution is -0.140. The van der Waals surface area contributed by atoms with Gasteiger partial charge >= 0.3 is 0 Å². The molecule has 1 atom stereocenters. The number of amides is 1. The molecule has 0 saturated carbocycles. The summed E-state index contributed by atoms with van der Waals surface area (Å²) in [5.74, 6) is 0.209. The first-order chi connectivity index (χ1) is 8.29. The van der Waals surface area contributed by atoms with Crippen LogP contribution in [0.3, 0.4) is 0 Å². The molecule has 0 fully saturated rings. The van der Waals surface area contributed by atoms with Gasteiger partial charge in [-0.3, -0.25) is 4.79 Å². The Hall–Kier alpha value is -1.35. The number of benzene rings is 1. The van der Waals surface area contributed by atoms with Crippen LogP contribution >= 0.6 is 0 Å². The molecule has 2 N–H and O–H groups in total. The molecule has 98 valence electrons. The highest BCUT2D eigenvalue weighted by Crippen LogP contribution is 2.29. The summed E-state index contributed by atoms with van der Waals surface area (Å²) in [4.78, 5) is 14.2. The summed E-state index contributed by atoms with van der Waals surface area (Å²) in [6, 6.07) is 6.34. The molecule has 3 heteroatoms. The van der Waals surface area contributed by atoms with E-state index in [9.17, 15) is 4.79 Å². The van der Waals surface area contributed by atoms with Crippen molar-refractivity contribution in [3.8, 4) is 0 Å². The fraction of sp³-hybridized carbons (Fsp3) is 0.533. The number of hydrogen-bond acceptors (Lipinski definition) is 2. The van der Waals surface area contributed by atoms with Gasteiger partial charge in [-0.25, -0.2) is 0 Å². The fourth-order valence-corrected chi connectivity index (χ4v) is 2.32. The summed E-state index contributed by atoms with van der Waals surface area (Å²) in [5, 5.41) is 0. The van der Waals surface area contributed by atoms with Crippen LogP contribution in [-0.4, -0.2) is 10.8 Å². The van der Waals surface area contributed by atoms with Gasteiger partial charge in [-0.1, -0.05) is 39.0 Å². The smallest absolute Gasteiger partial charge is 0.228 e. The van der Waals surface area contributed by atoms with E-state index in [-0.39, 0.29) is 17.4 Å². The molecule has 1 aliphatic rings. The standard InChI is InChI=1S/C15H22N2O/c1-10(16)11-5-6-12-8-17(9-13(12)7-11)14(18)15(2,3)4/h5-7,10H,8-9,16H2,1-4H3. The van der Waals surface area contributed by atoms with Crippen molar-refractivity contribution in [3.05, 3.63) is 34.9 Å². The van der Waals surface area contributed by atoms with Crippen molar-refractivity contribution in [2.75, 3.05) is 0 Å². The van der Waals surface area contributed by atoms with Crippen LogP contribution in [0.25, 0.3) is 0 Å². The number of nitrogens with two attached hydrogens (primary N) is 1. The predicted octanol–water partition coefficient (Wildman–Crippen LogP) is 2.59. The van der Waals surface area contributed by atoms with Crippen LogP contribution in [-0.2, 0) is 17.9 Å². The summed E-state index contributed by atoms with van der Waals surface area (Å²) in [7, 11) is 0. The molecule has 0 radical (unpaired) electrons. The fourth-order valence-electron chi connectivity index (χ4n) is 2.32. The van der Waals surface area contributed by atoms with E-state index in [2.05, 4.69) is 18.2 Å². The number of nitrogens with zero attached hydrogens (tertiary/aromatic N) is 1. The van der Waals surface area contributed by atoms with E-state index in [4.69, 9.17) is 5.73 Å². The Morgan fingerprint density at radius 1 is 1.28 bits per heavy atom. The van der Waals surface area contributed by atoms with E-state index in [0.29, 0.717) is 6.54 Å². The Labute approximate surface area is 109 Å². The maximum atomic E-state index is 12.3. The van der Waals surface area contributed by atoms with Crippen LogP contribution in [0.4, 0.5) is 0 Å². The lowest BCUT2D eigenvalue weighted by Gasteiger charge is -2.25. The highest BCUT2D eigenvalue weighted by molar-refractivity contribution is 5.82. The number of rotatable bonds is 1. The summed E-state index contributed by atoms with van der Waals surface area (Å²) < 4.78 is 0. The average Bonchev–Trinajstić information content (AvgIpc) is 2.68. The second-order valence-corrected chi connectivity index (χ2v) is 6.23. The van der Waals surface area contributed by atoms with Crippen LogP contribution in [0.5, 0.6) is 0 Å². The maximum Gasteiger partial charge on any atom is 0.228 e. The Bertz CT molecular complexity index is 472. The SMILES string of the molecule is CC(N)c1ccc2c(c1)CN(C(=O)C(C)(C)C)C2. The molecular weight excluding hydrogens is 224 g/mol. The van der Waals surface area contributed by atoms with Gasteiger partial charge in [0.05, 0.1) is 0 Å². The van der Waals surface area contributed by atoms with Gasteiger partial charge in [0, 0.05) is 24.5 Å². The van der Waals surface area contributed by atoms with Gasteiger partial charge in [0.25, 0.3) is 0 Å². The van der Waals surface area contributed by atoms with E-state index < -0.39 is 0 Å². The molecule has 0 spiro atoms. The number of carbonyl (C=O) groups is 1. The van der Waals surface area contributed by atoms with Crippen molar-refractivity contribution in [1.82, 2.24) is 4.90 Å². The molecule has 18 heavy (non-hydrogen) atoms. The first-order valence-electron chi connectivity index (χ1n) is 6.45. The minimum Gasteiger partial charge on any atom is -0.334 e. The molecule has 0 aliphatic carbocycles. The zero-order valence-corrected chi connectivity index (χ0v) is 11.7. The van der Waals surface area contributed by atoms with Gasteiger partial charge in [-0.2, -0.15) is 0 Å². The van der Waals surface area contributed by atoms with Crippen molar-refractivity contribution in [2.24, 2.45) is 11.1 Å². The normalized spacial score (nSPS) is 16.6. The lowest BCUT2D eigenvalue weighted by Crippen LogP contribution is -2.35. The van der Waals surface area contributed by atoms with Crippen molar-refractivity contribution < 1.29 is 4.79 Å². The topological polar surface area (TPSA) is 46.3 Å². The van der Waals surface area contributed by atoms with Gasteiger partial charge < -0.3 is 10.6 Å². The van der Waals surface area contributed by atoms with Crippen LogP contribution < -0.4 is 5.73 Å². The van der Waals surface area contributed by atoms with E-state index >= 15 is 0 Å². The predicted molar refractivity (Wildman–Crippen MR) is 72.8 cm³/mol. The Balaban J connectivity index is 2.20. The third kappa shape index (κ3) is 2.41. The first-order valence-corrected chi connectivity index (χ1v) is 6.45. The Morgan fingerprint density at radius 2 is 1.89 bits per heavy atom. The Kier molecular flexibility index (Phi) is 3.20. The summed E-state index contributed by atoms with van der Waals surface area (Å²) in [6.07, 6.45) is 0. The van der Waals surface area contributed by atoms with Crippen LogP contribution in [0.1, 0.15) is 50.4 Å². The quantitative estimate of drug-likeness (QED) is 0.828. The van der Waals surface area contributed by atoms with Crippen molar-refractivity contribution >= 4 is 5.91 Å². The summed E-state index contributed by atoms with van der Waals surface area (Å²) in [6.45, 7) is 9.31. The molecule has 1 amide bonds. The monoisotopic (exact) mass is 246 g/mol. The second-order valence-electron chi connectivity index (χ2n) is 6.23. The third-order valence-corrected chi connectivity index (χ3v) is 3.41. The second kappa shape index (κ2) is 4.39. The largest absolute Gasteiger partial charge is 0.334 e. The van der Waals surface area contributed by atoms with Crippen molar-refractivity contribution in [1.29, 1.82) is 0 Å². The molecule has 1 aliphatic heterocycles. The van der Waals surface area contributed by atoms with E-state index in [1.54, 1.807) is 0 Å². The molecule has 1 aromatic rings. The molecule has 1 aromatic carbocycles. The van der Waals surface area contributed by atoms with Gasteiger partial charge in [0.15, 0.2) is 0 Å².